The number of carbonyl (C=O) groups excluding carboxylic acids is 1. The Morgan fingerprint density at radius 1 is 1.24 bits per heavy atom. The molecule has 0 aromatic rings. The van der Waals surface area contributed by atoms with Crippen LogP contribution in [0.15, 0.2) is 5.10 Å². The Labute approximate surface area is 108 Å². The molecule has 0 rings (SSSR count). The van der Waals surface area contributed by atoms with E-state index in [4.69, 9.17) is 17.0 Å². The van der Waals surface area contributed by atoms with Crippen molar-refractivity contribution in [2.45, 2.75) is 40.0 Å². The summed E-state index contributed by atoms with van der Waals surface area (Å²) in [7, 11) is 0. The maximum Gasteiger partial charge on any atom is 0.427 e. The molecule has 0 saturated heterocycles. The van der Waals surface area contributed by atoms with Crippen molar-refractivity contribution in [1.82, 2.24) is 5.43 Å². The van der Waals surface area contributed by atoms with Gasteiger partial charge in [-0.25, -0.2) is 10.2 Å². The largest absolute Gasteiger partial charge is 0.480 e. The molecule has 0 aliphatic rings. The van der Waals surface area contributed by atoms with E-state index in [1.807, 2.05) is 13.8 Å². The predicted octanol–water partition coefficient (Wildman–Crippen LogP) is 2.64. The third-order valence-corrected chi connectivity index (χ3v) is 1.98. The molecule has 5 nitrogen and oxygen atoms in total. The molecule has 0 aliphatic carbocycles. The second-order valence-electron chi connectivity index (χ2n) is 3.33. The number of amides is 1. The summed E-state index contributed by atoms with van der Waals surface area (Å²) in [5.41, 5.74) is 2.28. The topological polar surface area (TPSA) is 59.9 Å². The van der Waals surface area contributed by atoms with Crippen LogP contribution in [-0.4, -0.2) is 30.1 Å². The van der Waals surface area contributed by atoms with Crippen molar-refractivity contribution in [3.63, 3.8) is 0 Å². The fourth-order valence-electron chi connectivity index (χ4n) is 1.09. The molecule has 17 heavy (non-hydrogen) atoms. The van der Waals surface area contributed by atoms with Crippen molar-refractivity contribution in [3.8, 4) is 0 Å². The molecule has 98 valence electrons. The summed E-state index contributed by atoms with van der Waals surface area (Å²) in [5, 5.41) is 3.86. The van der Waals surface area contributed by atoms with Crippen LogP contribution in [0.1, 0.15) is 40.0 Å². The van der Waals surface area contributed by atoms with Crippen LogP contribution in [0.5, 0.6) is 0 Å². The molecule has 0 unspecified atom stereocenters. The fourth-order valence-corrected chi connectivity index (χ4v) is 1.23. The second kappa shape index (κ2) is 10.0. The zero-order valence-corrected chi connectivity index (χ0v) is 11.4. The van der Waals surface area contributed by atoms with Crippen molar-refractivity contribution >= 4 is 29.1 Å². The summed E-state index contributed by atoms with van der Waals surface area (Å²) in [4.78, 5) is 12.0. The van der Waals surface area contributed by atoms with Gasteiger partial charge < -0.3 is 9.47 Å². The molecule has 0 atom stereocenters. The minimum absolute atomic E-state index is 0.315. The molecule has 1 amide bonds. The van der Waals surface area contributed by atoms with Crippen LogP contribution in [0.2, 0.25) is 0 Å². The first kappa shape index (κ1) is 15.8. The first-order valence-corrected chi connectivity index (χ1v) is 6.12. The van der Waals surface area contributed by atoms with Crippen LogP contribution in [0.4, 0.5) is 4.79 Å². The summed E-state index contributed by atoms with van der Waals surface area (Å²) < 4.78 is 9.97. The zero-order chi connectivity index (χ0) is 13.1. The van der Waals surface area contributed by atoms with Gasteiger partial charge in [0.2, 0.25) is 5.90 Å². The van der Waals surface area contributed by atoms with Gasteiger partial charge in [-0.15, -0.1) is 5.10 Å². The first-order valence-electron chi connectivity index (χ1n) is 5.71. The second-order valence-corrected chi connectivity index (χ2v) is 4.02. The van der Waals surface area contributed by atoms with Crippen molar-refractivity contribution < 1.29 is 14.3 Å². The highest BCUT2D eigenvalue weighted by atomic mass is 32.1. The van der Waals surface area contributed by atoms with Gasteiger partial charge in [0.25, 0.3) is 0 Å². The third kappa shape index (κ3) is 9.74. The molecular weight excluding hydrogens is 240 g/mol. The Hall–Kier alpha value is -1.17. The highest BCUT2D eigenvalue weighted by Crippen LogP contribution is 2.01. The normalized spacial score (nSPS) is 10.9. The number of carbonyl (C=O) groups is 1. The lowest BCUT2D eigenvalue weighted by Gasteiger charge is -2.07. The van der Waals surface area contributed by atoms with E-state index in [2.05, 4.69) is 15.3 Å². The number of nitrogens with zero attached hydrogens (tertiary/aromatic N) is 1. The monoisotopic (exact) mass is 260 g/mol. The Morgan fingerprint density at radius 2 is 1.88 bits per heavy atom. The molecule has 0 saturated carbocycles. The minimum atomic E-state index is -0.573. The Balaban J connectivity index is 4.06. The SMILES string of the molecule is CCOC(=O)NN=C(CCCC(C)=S)OCC. The van der Waals surface area contributed by atoms with Gasteiger partial charge >= 0.3 is 6.09 Å². The highest BCUT2D eigenvalue weighted by molar-refractivity contribution is 7.80. The van der Waals surface area contributed by atoms with Crippen LogP contribution < -0.4 is 5.43 Å². The van der Waals surface area contributed by atoms with Crippen molar-refractivity contribution in [2.75, 3.05) is 13.2 Å². The smallest absolute Gasteiger partial charge is 0.427 e. The molecule has 0 heterocycles. The van der Waals surface area contributed by atoms with Gasteiger partial charge in [0.15, 0.2) is 0 Å². The van der Waals surface area contributed by atoms with Gasteiger partial charge in [0, 0.05) is 6.42 Å². The lowest BCUT2D eigenvalue weighted by Crippen LogP contribution is -2.21. The van der Waals surface area contributed by atoms with Gasteiger partial charge in [0.1, 0.15) is 0 Å². The van der Waals surface area contributed by atoms with E-state index >= 15 is 0 Å². The van der Waals surface area contributed by atoms with E-state index in [0.717, 1.165) is 17.7 Å². The molecule has 0 radical (unpaired) electrons. The summed E-state index contributed by atoms with van der Waals surface area (Å²) in [6.45, 7) is 6.33. The maximum atomic E-state index is 11.0. The summed E-state index contributed by atoms with van der Waals surface area (Å²) in [6, 6.07) is 0. The van der Waals surface area contributed by atoms with E-state index in [0.29, 0.717) is 25.5 Å². The van der Waals surface area contributed by atoms with Gasteiger partial charge in [-0.1, -0.05) is 12.2 Å². The Bertz CT molecular complexity index is 280. The number of thiocarbonyl (C=S) groups is 1. The molecule has 6 heteroatoms. The van der Waals surface area contributed by atoms with Crippen LogP contribution in [0.25, 0.3) is 0 Å². The zero-order valence-electron chi connectivity index (χ0n) is 10.6. The van der Waals surface area contributed by atoms with Crippen LogP contribution in [0.3, 0.4) is 0 Å². The van der Waals surface area contributed by atoms with E-state index in [-0.39, 0.29) is 0 Å². The lowest BCUT2D eigenvalue weighted by atomic mass is 10.2. The van der Waals surface area contributed by atoms with Crippen molar-refractivity contribution in [2.24, 2.45) is 5.10 Å². The van der Waals surface area contributed by atoms with Crippen molar-refractivity contribution in [3.05, 3.63) is 0 Å². The fraction of sp³-hybridized carbons (Fsp3) is 0.727. The first-order chi connectivity index (χ1) is 8.10. The number of hydrogen-bond acceptors (Lipinski definition) is 5. The molecular formula is C11H20N2O3S. The summed E-state index contributed by atoms with van der Waals surface area (Å²) in [6.07, 6.45) is 1.78. The van der Waals surface area contributed by atoms with E-state index < -0.39 is 6.09 Å². The third-order valence-electron chi connectivity index (χ3n) is 1.78. The van der Waals surface area contributed by atoms with E-state index in [9.17, 15) is 4.79 Å². The molecule has 1 N–H and O–H groups in total. The van der Waals surface area contributed by atoms with Crippen LogP contribution in [0, 0.1) is 0 Å². The number of hydrogen-bond donors (Lipinski definition) is 1. The van der Waals surface area contributed by atoms with E-state index in [1.165, 1.54) is 0 Å². The van der Waals surface area contributed by atoms with Crippen LogP contribution >= 0.6 is 12.2 Å². The lowest BCUT2D eigenvalue weighted by molar-refractivity contribution is 0.152. The average molecular weight is 260 g/mol. The minimum Gasteiger partial charge on any atom is -0.480 e. The average Bonchev–Trinajstić information content (AvgIpc) is 2.26. The molecule has 0 fully saturated rings. The Kier molecular flexibility index (Phi) is 9.33. The standard InChI is InChI=1S/C11H20N2O3S/c1-4-15-10(8-6-7-9(3)17)12-13-11(14)16-5-2/h4-8H2,1-3H3,(H,13,14). The number of ether oxygens (including phenoxy) is 2. The van der Waals surface area contributed by atoms with Crippen molar-refractivity contribution in [1.29, 1.82) is 0 Å². The Morgan fingerprint density at radius 3 is 2.41 bits per heavy atom. The molecule has 0 bridgehead atoms. The maximum absolute atomic E-state index is 11.0. The highest BCUT2D eigenvalue weighted by Gasteiger charge is 2.03. The van der Waals surface area contributed by atoms with Gasteiger partial charge in [-0.05, 0) is 38.5 Å². The van der Waals surface area contributed by atoms with E-state index in [1.54, 1.807) is 6.92 Å². The number of rotatable bonds is 7. The molecule has 0 aromatic heterocycles. The molecule has 0 spiro atoms. The molecule has 0 aliphatic heterocycles. The van der Waals surface area contributed by atoms with Gasteiger partial charge in [-0.2, -0.15) is 0 Å². The van der Waals surface area contributed by atoms with Gasteiger partial charge in [-0.3, -0.25) is 0 Å². The van der Waals surface area contributed by atoms with Gasteiger partial charge in [0.05, 0.1) is 13.2 Å². The molecule has 0 aromatic carbocycles. The number of hydrazone groups is 1. The summed E-state index contributed by atoms with van der Waals surface area (Å²) >= 11 is 4.98. The number of nitrogens with one attached hydrogen (secondary N) is 1. The predicted molar refractivity (Wildman–Crippen MR) is 71.3 cm³/mol. The quantitative estimate of drug-likeness (QED) is 0.331. The van der Waals surface area contributed by atoms with Crippen LogP contribution in [-0.2, 0) is 9.47 Å². The summed E-state index contributed by atoms with van der Waals surface area (Å²) in [5.74, 6) is 0.497.